The van der Waals surface area contributed by atoms with Crippen LogP contribution < -0.4 is 5.32 Å². The fourth-order valence-corrected chi connectivity index (χ4v) is 5.83. The van der Waals surface area contributed by atoms with Crippen LogP contribution in [0.4, 0.5) is 5.69 Å². The zero-order chi connectivity index (χ0) is 25.0. The quantitative estimate of drug-likeness (QED) is 0.227. The first-order valence-corrected chi connectivity index (χ1v) is 12.9. The number of thiazole rings is 1. The van der Waals surface area contributed by atoms with Crippen molar-refractivity contribution in [1.29, 1.82) is 0 Å². The van der Waals surface area contributed by atoms with Gasteiger partial charge in [0.25, 0.3) is 5.91 Å². The number of aryl methyl sites for hydroxylation is 1. The first kappa shape index (κ1) is 24.0. The van der Waals surface area contributed by atoms with E-state index in [0.717, 1.165) is 10.6 Å². The van der Waals surface area contributed by atoms with Gasteiger partial charge in [0.2, 0.25) is 0 Å². The molecule has 0 saturated heterocycles. The summed E-state index contributed by atoms with van der Waals surface area (Å²) in [5.74, 6) is -0.209. The topological polar surface area (TPSA) is 42.0 Å². The molecular weight excluding hydrogens is 484 g/mol. The van der Waals surface area contributed by atoms with E-state index < -0.39 is 5.41 Å². The fourth-order valence-electron chi connectivity index (χ4n) is 4.66. The minimum atomic E-state index is -0.464. The van der Waals surface area contributed by atoms with E-state index in [1.807, 2.05) is 37.3 Å². The number of halogens is 1. The molecule has 0 atom stereocenters. The van der Waals surface area contributed by atoms with E-state index in [0.29, 0.717) is 22.0 Å². The normalized spacial score (nSPS) is 11.3. The molecule has 1 amide bonds. The van der Waals surface area contributed by atoms with Crippen molar-refractivity contribution in [3.63, 3.8) is 0 Å². The molecular formula is C31H25ClN2OS. The average molecular weight is 509 g/mol. The maximum Gasteiger partial charge on any atom is 0.267 e. The van der Waals surface area contributed by atoms with Gasteiger partial charge in [0.15, 0.2) is 0 Å². The van der Waals surface area contributed by atoms with E-state index in [-0.39, 0.29) is 5.91 Å². The van der Waals surface area contributed by atoms with Crippen LogP contribution in [-0.2, 0) is 11.8 Å². The number of rotatable bonds is 7. The van der Waals surface area contributed by atoms with Gasteiger partial charge in [-0.3, -0.25) is 4.79 Å². The van der Waals surface area contributed by atoms with E-state index in [1.54, 1.807) is 12.3 Å². The van der Waals surface area contributed by atoms with Gasteiger partial charge in [-0.25, -0.2) is 4.98 Å². The third-order valence-corrected chi connectivity index (χ3v) is 7.77. The van der Waals surface area contributed by atoms with Crippen LogP contribution in [0.15, 0.2) is 115 Å². The third kappa shape index (κ3) is 4.70. The zero-order valence-corrected chi connectivity index (χ0v) is 21.4. The van der Waals surface area contributed by atoms with Crippen LogP contribution in [0.1, 0.15) is 36.9 Å². The monoisotopic (exact) mass is 508 g/mol. The Morgan fingerprint density at radius 3 is 1.83 bits per heavy atom. The van der Waals surface area contributed by atoms with Crippen LogP contribution in [-0.4, -0.2) is 10.9 Å². The van der Waals surface area contributed by atoms with Crippen molar-refractivity contribution < 1.29 is 4.79 Å². The van der Waals surface area contributed by atoms with E-state index in [9.17, 15) is 4.79 Å². The number of para-hydroxylation sites is 1. The first-order valence-electron chi connectivity index (χ1n) is 11.8. The first-order chi connectivity index (χ1) is 17.6. The molecule has 36 heavy (non-hydrogen) atoms. The molecule has 5 rings (SSSR count). The Labute approximate surface area is 220 Å². The minimum absolute atomic E-state index is 0.209. The standard InChI is InChI=1S/C31H25ClN2OS/c1-22-12-11-19-26(32)29(22)34-30(35)27-21-33-28(36-27)20-31(23-13-5-2-6-14-23,24-15-7-3-8-16-24)25-17-9-4-10-18-25/h2-19,21H,20H2,1H3,(H,34,35). The molecule has 0 bridgehead atoms. The van der Waals surface area contributed by atoms with Crippen LogP contribution in [0.25, 0.3) is 0 Å². The lowest BCUT2D eigenvalue weighted by Crippen LogP contribution is -2.32. The number of nitrogens with zero attached hydrogens (tertiary/aromatic N) is 1. The summed E-state index contributed by atoms with van der Waals surface area (Å²) in [6, 6.07) is 37.1. The summed E-state index contributed by atoms with van der Waals surface area (Å²) in [5, 5.41) is 4.37. The average Bonchev–Trinajstić information content (AvgIpc) is 3.39. The van der Waals surface area contributed by atoms with Gasteiger partial charge in [-0.1, -0.05) is 115 Å². The summed E-state index contributed by atoms with van der Waals surface area (Å²) in [6.07, 6.45) is 2.28. The second-order valence-corrected chi connectivity index (χ2v) is 10.2. The predicted molar refractivity (Wildman–Crippen MR) is 149 cm³/mol. The number of carbonyl (C=O) groups excluding carboxylic acids is 1. The molecule has 0 saturated carbocycles. The highest BCUT2D eigenvalue weighted by atomic mass is 35.5. The maximum atomic E-state index is 13.1. The zero-order valence-electron chi connectivity index (χ0n) is 19.8. The third-order valence-electron chi connectivity index (χ3n) is 6.45. The smallest absolute Gasteiger partial charge is 0.267 e. The summed E-state index contributed by atoms with van der Waals surface area (Å²) in [6.45, 7) is 1.92. The van der Waals surface area contributed by atoms with Crippen LogP contribution in [0.3, 0.4) is 0 Å². The molecule has 1 aromatic heterocycles. The number of aromatic nitrogens is 1. The molecule has 0 unspecified atom stereocenters. The minimum Gasteiger partial charge on any atom is -0.320 e. The Bertz CT molecular complexity index is 1350. The van der Waals surface area contributed by atoms with Crippen molar-refractivity contribution in [2.24, 2.45) is 0 Å². The van der Waals surface area contributed by atoms with Crippen LogP contribution in [0.5, 0.6) is 0 Å². The molecule has 0 spiro atoms. The van der Waals surface area contributed by atoms with Gasteiger partial charge >= 0.3 is 0 Å². The summed E-state index contributed by atoms with van der Waals surface area (Å²) < 4.78 is 0. The lowest BCUT2D eigenvalue weighted by Gasteiger charge is -2.35. The van der Waals surface area contributed by atoms with Gasteiger partial charge in [0.1, 0.15) is 4.88 Å². The Morgan fingerprint density at radius 1 is 0.806 bits per heavy atom. The molecule has 0 fully saturated rings. The number of carbonyl (C=O) groups is 1. The van der Waals surface area contributed by atoms with E-state index >= 15 is 0 Å². The summed E-state index contributed by atoms with van der Waals surface area (Å²) >= 11 is 7.75. The van der Waals surface area contributed by atoms with E-state index in [1.165, 1.54) is 28.0 Å². The molecule has 0 aliphatic heterocycles. The van der Waals surface area contributed by atoms with E-state index in [2.05, 4.69) is 78.1 Å². The summed E-state index contributed by atoms with van der Waals surface area (Å²) in [4.78, 5) is 18.4. The second kappa shape index (κ2) is 10.5. The number of nitrogens with one attached hydrogen (secondary N) is 1. The van der Waals surface area contributed by atoms with Crippen LogP contribution >= 0.6 is 22.9 Å². The number of benzene rings is 4. The number of hydrogen-bond donors (Lipinski definition) is 1. The summed E-state index contributed by atoms with van der Waals surface area (Å²) in [7, 11) is 0. The lowest BCUT2D eigenvalue weighted by molar-refractivity contribution is 0.103. The van der Waals surface area contributed by atoms with Crippen molar-refractivity contribution in [1.82, 2.24) is 4.98 Å². The highest BCUT2D eigenvalue weighted by molar-refractivity contribution is 7.13. The molecule has 3 nitrogen and oxygen atoms in total. The molecule has 5 heteroatoms. The molecule has 1 N–H and O–H groups in total. The van der Waals surface area contributed by atoms with Crippen molar-refractivity contribution in [3.8, 4) is 0 Å². The van der Waals surface area contributed by atoms with Gasteiger partial charge in [0, 0.05) is 6.42 Å². The van der Waals surface area contributed by atoms with Gasteiger partial charge < -0.3 is 5.32 Å². The van der Waals surface area contributed by atoms with Crippen molar-refractivity contribution in [2.45, 2.75) is 18.8 Å². The Balaban J connectivity index is 1.56. The van der Waals surface area contributed by atoms with Gasteiger partial charge in [-0.05, 0) is 35.2 Å². The van der Waals surface area contributed by atoms with Crippen LogP contribution in [0.2, 0.25) is 5.02 Å². The Hall–Kier alpha value is -3.73. The predicted octanol–water partition coefficient (Wildman–Crippen LogP) is 7.93. The molecule has 4 aromatic carbocycles. The van der Waals surface area contributed by atoms with Gasteiger partial charge in [-0.15, -0.1) is 11.3 Å². The SMILES string of the molecule is Cc1cccc(Cl)c1NC(=O)c1cnc(CC(c2ccccc2)(c2ccccc2)c2ccccc2)s1. The molecule has 0 radical (unpaired) electrons. The fraction of sp³-hybridized carbons (Fsp3) is 0.0968. The van der Waals surface area contributed by atoms with Crippen molar-refractivity contribution in [2.75, 3.05) is 5.32 Å². The highest BCUT2D eigenvalue weighted by Crippen LogP contribution is 2.42. The second-order valence-electron chi connectivity index (χ2n) is 8.68. The van der Waals surface area contributed by atoms with Gasteiger partial charge in [0.05, 0.1) is 27.3 Å². The molecule has 0 aliphatic carbocycles. The Morgan fingerprint density at radius 2 is 1.33 bits per heavy atom. The number of amides is 1. The molecule has 5 aromatic rings. The van der Waals surface area contributed by atoms with Crippen LogP contribution in [0, 0.1) is 6.92 Å². The largest absolute Gasteiger partial charge is 0.320 e. The number of anilines is 1. The Kier molecular flexibility index (Phi) is 6.99. The van der Waals surface area contributed by atoms with Gasteiger partial charge in [-0.2, -0.15) is 0 Å². The summed E-state index contributed by atoms with van der Waals surface area (Å²) in [5.41, 5.74) is 4.61. The van der Waals surface area contributed by atoms with E-state index in [4.69, 9.17) is 16.6 Å². The van der Waals surface area contributed by atoms with Crippen molar-refractivity contribution >= 4 is 34.5 Å². The molecule has 178 valence electrons. The number of hydrogen-bond acceptors (Lipinski definition) is 3. The molecule has 0 aliphatic rings. The lowest BCUT2D eigenvalue weighted by atomic mass is 9.67. The molecule has 1 heterocycles. The highest BCUT2D eigenvalue weighted by Gasteiger charge is 2.37. The maximum absolute atomic E-state index is 13.1. The van der Waals surface area contributed by atoms with Crippen molar-refractivity contribution in [3.05, 3.63) is 153 Å².